The Labute approximate surface area is 159 Å². The number of carbonyl (C=O) groups is 1. The highest BCUT2D eigenvalue weighted by molar-refractivity contribution is 5.78. The molecule has 0 radical (unpaired) electrons. The minimum atomic E-state index is -0.269. The molecule has 1 amide bonds. The molecular formula is C21H29N3O3. The van der Waals surface area contributed by atoms with Gasteiger partial charge in [0, 0.05) is 37.1 Å². The lowest BCUT2D eigenvalue weighted by Crippen LogP contribution is -2.51. The first kappa shape index (κ1) is 18.3. The van der Waals surface area contributed by atoms with Gasteiger partial charge in [-0.1, -0.05) is 26.0 Å². The van der Waals surface area contributed by atoms with Gasteiger partial charge in [-0.2, -0.15) is 0 Å². The van der Waals surface area contributed by atoms with Crippen LogP contribution in [0.25, 0.3) is 11.1 Å². The Morgan fingerprint density at radius 1 is 1.19 bits per heavy atom. The Balaban J connectivity index is 1.34. The average Bonchev–Trinajstić information content (AvgIpc) is 3.07. The van der Waals surface area contributed by atoms with Crippen LogP contribution < -0.4 is 11.1 Å². The predicted molar refractivity (Wildman–Crippen MR) is 105 cm³/mol. The van der Waals surface area contributed by atoms with Crippen molar-refractivity contribution >= 4 is 17.0 Å². The van der Waals surface area contributed by atoms with Gasteiger partial charge in [-0.05, 0) is 44.2 Å². The van der Waals surface area contributed by atoms with E-state index in [0.717, 1.165) is 31.3 Å². The zero-order chi connectivity index (χ0) is 19.0. The number of nitrogens with zero attached hydrogens (tertiary/aromatic N) is 2. The number of hydrogen-bond acceptors (Lipinski definition) is 4. The van der Waals surface area contributed by atoms with Gasteiger partial charge in [0.05, 0.1) is 5.52 Å². The largest absolute Gasteiger partial charge is 0.419 e. The van der Waals surface area contributed by atoms with E-state index in [-0.39, 0.29) is 17.6 Å². The van der Waals surface area contributed by atoms with Crippen molar-refractivity contribution in [2.24, 2.45) is 5.92 Å². The van der Waals surface area contributed by atoms with E-state index in [1.165, 1.54) is 12.8 Å². The summed E-state index contributed by atoms with van der Waals surface area (Å²) in [7, 11) is 0. The van der Waals surface area contributed by atoms with E-state index in [9.17, 15) is 9.59 Å². The Kier molecular flexibility index (Phi) is 5.08. The molecule has 2 aromatic rings. The first-order valence-electron chi connectivity index (χ1n) is 10.2. The number of piperidine rings is 1. The van der Waals surface area contributed by atoms with Crippen LogP contribution in [0.3, 0.4) is 0 Å². The molecule has 1 aromatic heterocycles. The van der Waals surface area contributed by atoms with Gasteiger partial charge in [-0.3, -0.25) is 14.3 Å². The quantitative estimate of drug-likeness (QED) is 0.848. The number of fused-ring (bicyclic) bond motifs is 3. The van der Waals surface area contributed by atoms with Crippen LogP contribution in [0.15, 0.2) is 33.5 Å². The zero-order valence-corrected chi connectivity index (χ0v) is 16.2. The summed E-state index contributed by atoms with van der Waals surface area (Å²) < 4.78 is 7.06. The molecular weight excluding hydrogens is 342 g/mol. The fourth-order valence-corrected chi connectivity index (χ4v) is 4.76. The van der Waals surface area contributed by atoms with Crippen LogP contribution in [0.5, 0.6) is 0 Å². The third kappa shape index (κ3) is 3.68. The molecule has 4 rings (SSSR count). The fourth-order valence-electron chi connectivity index (χ4n) is 4.76. The van der Waals surface area contributed by atoms with Gasteiger partial charge >= 0.3 is 5.76 Å². The van der Waals surface area contributed by atoms with Gasteiger partial charge < -0.3 is 9.73 Å². The van der Waals surface area contributed by atoms with Crippen LogP contribution in [-0.2, 0) is 11.3 Å². The van der Waals surface area contributed by atoms with Crippen molar-refractivity contribution in [3.05, 3.63) is 34.8 Å². The van der Waals surface area contributed by atoms with E-state index in [0.29, 0.717) is 30.3 Å². The van der Waals surface area contributed by atoms with E-state index in [4.69, 9.17) is 4.42 Å². The number of nitrogens with one attached hydrogen (secondary N) is 1. The fraction of sp³-hybridized carbons (Fsp3) is 0.619. The summed E-state index contributed by atoms with van der Waals surface area (Å²) in [5.74, 6) is -0.0582. The van der Waals surface area contributed by atoms with E-state index in [1.807, 2.05) is 38.1 Å². The Morgan fingerprint density at radius 3 is 2.59 bits per heavy atom. The molecule has 1 aromatic carbocycles. The topological polar surface area (TPSA) is 67.5 Å². The van der Waals surface area contributed by atoms with Gasteiger partial charge in [0.15, 0.2) is 5.58 Å². The summed E-state index contributed by atoms with van der Waals surface area (Å²) in [6.45, 7) is 5.56. The van der Waals surface area contributed by atoms with Crippen molar-refractivity contribution in [3.8, 4) is 0 Å². The highest BCUT2D eigenvalue weighted by Gasteiger charge is 2.40. The van der Waals surface area contributed by atoms with Crippen LogP contribution in [0.2, 0.25) is 0 Å². The lowest BCUT2D eigenvalue weighted by atomic mass is 9.96. The number of rotatable bonds is 6. The van der Waals surface area contributed by atoms with Crippen molar-refractivity contribution < 1.29 is 9.21 Å². The van der Waals surface area contributed by atoms with Gasteiger partial charge in [-0.25, -0.2) is 4.79 Å². The van der Waals surface area contributed by atoms with Crippen LogP contribution in [-0.4, -0.2) is 40.0 Å². The molecule has 2 aliphatic rings. The van der Waals surface area contributed by atoms with Crippen LogP contribution in [0, 0.1) is 5.92 Å². The summed E-state index contributed by atoms with van der Waals surface area (Å²) in [5, 5.41) is 3.22. The molecule has 2 aliphatic heterocycles. The molecule has 2 atom stereocenters. The summed E-state index contributed by atoms with van der Waals surface area (Å²) in [6, 6.07) is 9.02. The summed E-state index contributed by atoms with van der Waals surface area (Å²) in [5.41, 5.74) is 1.53. The molecule has 0 unspecified atom stereocenters. The molecule has 6 nitrogen and oxygen atoms in total. The molecule has 27 heavy (non-hydrogen) atoms. The first-order chi connectivity index (χ1) is 13.0. The number of carbonyl (C=O) groups excluding carboxylic acids is 1. The molecule has 2 fully saturated rings. The van der Waals surface area contributed by atoms with E-state index in [1.54, 1.807) is 4.57 Å². The number of hydrogen-bond donors (Lipinski definition) is 1. The molecule has 2 bridgehead atoms. The maximum absolute atomic E-state index is 12.1. The van der Waals surface area contributed by atoms with Crippen molar-refractivity contribution in [3.63, 3.8) is 0 Å². The highest BCUT2D eigenvalue weighted by atomic mass is 16.4. The number of amides is 1. The van der Waals surface area contributed by atoms with E-state index >= 15 is 0 Å². The van der Waals surface area contributed by atoms with Gasteiger partial charge in [-0.15, -0.1) is 0 Å². The second-order valence-corrected chi connectivity index (χ2v) is 8.30. The lowest BCUT2D eigenvalue weighted by Gasteiger charge is -2.39. The standard InChI is InChI=1S/C21H29N3O3/c1-14(2)20(25)22-15-12-16-8-9-17(13-15)23(16)10-5-11-24-18-6-3-4-7-19(18)27-21(24)26/h3-4,6-7,14-17H,5,8-13H2,1-2H3,(H,22,25)/t16-,17-/m0/s1. The Hall–Kier alpha value is -2.08. The first-order valence-corrected chi connectivity index (χ1v) is 10.2. The number of benzene rings is 1. The monoisotopic (exact) mass is 371 g/mol. The maximum Gasteiger partial charge on any atom is 0.419 e. The molecule has 3 heterocycles. The van der Waals surface area contributed by atoms with Gasteiger partial charge in [0.2, 0.25) is 5.91 Å². The van der Waals surface area contributed by atoms with Crippen molar-refractivity contribution in [2.45, 2.75) is 70.6 Å². The van der Waals surface area contributed by atoms with Crippen molar-refractivity contribution in [1.82, 2.24) is 14.8 Å². The smallest absolute Gasteiger partial charge is 0.408 e. The van der Waals surface area contributed by atoms with Crippen LogP contribution in [0.4, 0.5) is 0 Å². The van der Waals surface area contributed by atoms with Crippen LogP contribution in [0.1, 0.15) is 46.0 Å². The normalized spacial score (nSPS) is 25.4. The van der Waals surface area contributed by atoms with Crippen molar-refractivity contribution in [2.75, 3.05) is 6.54 Å². The summed E-state index contributed by atoms with van der Waals surface area (Å²) >= 11 is 0. The minimum absolute atomic E-state index is 0.0452. The van der Waals surface area contributed by atoms with E-state index < -0.39 is 0 Å². The number of para-hydroxylation sites is 2. The van der Waals surface area contributed by atoms with Crippen molar-refractivity contribution in [1.29, 1.82) is 0 Å². The average molecular weight is 371 g/mol. The molecule has 0 saturated carbocycles. The van der Waals surface area contributed by atoms with Crippen LogP contribution >= 0.6 is 0 Å². The predicted octanol–water partition coefficient (Wildman–Crippen LogP) is 2.75. The summed E-state index contributed by atoms with van der Waals surface area (Å²) in [6.07, 6.45) is 5.45. The molecule has 0 aliphatic carbocycles. The maximum atomic E-state index is 12.1. The Morgan fingerprint density at radius 2 is 1.89 bits per heavy atom. The number of aryl methyl sites for hydroxylation is 1. The third-order valence-corrected chi connectivity index (χ3v) is 6.13. The SMILES string of the molecule is CC(C)C(=O)NC1C[C@@H]2CC[C@@H](C1)N2CCCn1c(=O)oc2ccccc21. The Bertz CT molecular complexity index is 855. The minimum Gasteiger partial charge on any atom is -0.408 e. The van der Waals surface area contributed by atoms with Gasteiger partial charge in [0.25, 0.3) is 0 Å². The summed E-state index contributed by atoms with van der Waals surface area (Å²) in [4.78, 5) is 26.7. The molecule has 6 heteroatoms. The molecule has 1 N–H and O–H groups in total. The van der Waals surface area contributed by atoms with E-state index in [2.05, 4.69) is 10.2 Å². The molecule has 2 saturated heterocycles. The third-order valence-electron chi connectivity index (χ3n) is 6.13. The molecule has 146 valence electrons. The number of aromatic nitrogens is 1. The highest BCUT2D eigenvalue weighted by Crippen LogP contribution is 2.35. The zero-order valence-electron chi connectivity index (χ0n) is 16.2. The lowest BCUT2D eigenvalue weighted by molar-refractivity contribution is -0.125. The second kappa shape index (κ2) is 7.50. The number of oxazole rings is 1. The van der Waals surface area contributed by atoms with Gasteiger partial charge in [0.1, 0.15) is 0 Å². The molecule has 0 spiro atoms. The second-order valence-electron chi connectivity index (χ2n) is 8.30.